The molecule has 2 rings (SSSR count). The lowest BCUT2D eigenvalue weighted by Gasteiger charge is -2.22. The molecule has 0 fully saturated rings. The molecule has 0 bridgehead atoms. The fourth-order valence-electron chi connectivity index (χ4n) is 2.13. The first-order chi connectivity index (χ1) is 11.0. The number of hydrogen-bond donors (Lipinski definition) is 1. The number of nitrogens with one attached hydrogen (secondary N) is 1. The summed E-state index contributed by atoms with van der Waals surface area (Å²) in [5.74, 6) is 0.443. The van der Waals surface area contributed by atoms with Crippen LogP contribution in [-0.2, 0) is 22.3 Å². The zero-order valence-corrected chi connectivity index (χ0v) is 16.2. The molecule has 0 aliphatic carbocycles. The maximum Gasteiger partial charge on any atom is 0.276 e. The van der Waals surface area contributed by atoms with E-state index < -0.39 is 0 Å². The minimum Gasteiger partial charge on any atom is -0.378 e. The molecule has 0 atom stereocenters. The van der Waals surface area contributed by atoms with Gasteiger partial charge in [-0.25, -0.2) is 9.67 Å². The number of thiazole rings is 1. The Balaban J connectivity index is 2.30. The van der Waals surface area contributed by atoms with Gasteiger partial charge in [0.1, 0.15) is 16.5 Å². The number of hydrogen-bond acceptors (Lipinski definition) is 5. The summed E-state index contributed by atoms with van der Waals surface area (Å²) in [6.07, 6.45) is 0. The zero-order valence-electron chi connectivity index (χ0n) is 15.4. The molecular weight excluding hydrogens is 324 g/mol. The number of methoxy groups -OCH3 is 1. The molecule has 0 aliphatic rings. The van der Waals surface area contributed by atoms with Crippen LogP contribution in [0.1, 0.15) is 62.7 Å². The lowest BCUT2D eigenvalue weighted by molar-refractivity contribution is 0.102. The molecule has 1 amide bonds. The van der Waals surface area contributed by atoms with Crippen LogP contribution in [0.4, 0.5) is 5.82 Å². The summed E-state index contributed by atoms with van der Waals surface area (Å²) in [4.78, 5) is 16.8. The SMILES string of the molecule is COCc1nc(C(=O)Nc2cc(C(C)(C)C)nn2C(C)(C)C)cs1. The van der Waals surface area contributed by atoms with E-state index in [2.05, 4.69) is 51.8 Å². The summed E-state index contributed by atoms with van der Waals surface area (Å²) in [7, 11) is 1.61. The Kier molecular flexibility index (Phi) is 5.15. The van der Waals surface area contributed by atoms with Gasteiger partial charge < -0.3 is 10.1 Å². The van der Waals surface area contributed by atoms with E-state index in [9.17, 15) is 4.79 Å². The molecule has 1 N–H and O–H groups in total. The smallest absolute Gasteiger partial charge is 0.276 e. The molecule has 0 aromatic carbocycles. The first-order valence-electron chi connectivity index (χ1n) is 7.88. The summed E-state index contributed by atoms with van der Waals surface area (Å²) < 4.78 is 6.90. The topological polar surface area (TPSA) is 69.0 Å². The molecule has 0 radical (unpaired) electrons. The van der Waals surface area contributed by atoms with Gasteiger partial charge in [0.2, 0.25) is 0 Å². The standard InChI is InChI=1S/C17H26N4O2S/c1-16(2,3)12-8-13(21(20-12)17(4,5)6)19-15(22)11-10-24-14(18-11)9-23-7/h8,10H,9H2,1-7H3,(H,19,22). The van der Waals surface area contributed by atoms with Gasteiger partial charge in [-0.1, -0.05) is 20.8 Å². The van der Waals surface area contributed by atoms with Gasteiger partial charge in [-0.15, -0.1) is 11.3 Å². The van der Waals surface area contributed by atoms with Crippen molar-refractivity contribution >= 4 is 23.1 Å². The van der Waals surface area contributed by atoms with Gasteiger partial charge in [0, 0.05) is 24.0 Å². The van der Waals surface area contributed by atoms with Gasteiger partial charge in [-0.2, -0.15) is 5.10 Å². The molecule has 0 aliphatic heterocycles. The van der Waals surface area contributed by atoms with Crippen LogP contribution in [-0.4, -0.2) is 27.8 Å². The molecule has 24 heavy (non-hydrogen) atoms. The average molecular weight is 350 g/mol. The number of rotatable bonds is 4. The highest BCUT2D eigenvalue weighted by Crippen LogP contribution is 2.28. The monoisotopic (exact) mass is 350 g/mol. The summed E-state index contributed by atoms with van der Waals surface area (Å²) in [6, 6.07) is 1.94. The molecular formula is C17H26N4O2S. The maximum atomic E-state index is 12.5. The summed E-state index contributed by atoms with van der Waals surface area (Å²) in [5.41, 5.74) is 0.995. The van der Waals surface area contributed by atoms with Crippen LogP contribution in [0.2, 0.25) is 0 Å². The molecule has 0 saturated carbocycles. The maximum absolute atomic E-state index is 12.5. The Labute approximate surface area is 147 Å². The van der Waals surface area contributed by atoms with Crippen molar-refractivity contribution in [2.75, 3.05) is 12.4 Å². The molecule has 0 saturated heterocycles. The van der Waals surface area contributed by atoms with Crippen molar-refractivity contribution in [2.45, 2.75) is 59.1 Å². The first kappa shape index (κ1) is 18.6. The number of carbonyl (C=O) groups excluding carboxylic acids is 1. The highest BCUT2D eigenvalue weighted by molar-refractivity contribution is 7.09. The predicted octanol–water partition coefficient (Wildman–Crippen LogP) is 3.79. The number of carbonyl (C=O) groups is 1. The zero-order chi connectivity index (χ0) is 18.1. The molecule has 132 valence electrons. The van der Waals surface area contributed by atoms with E-state index in [0.29, 0.717) is 18.1 Å². The Morgan fingerprint density at radius 2 is 1.96 bits per heavy atom. The second-order valence-corrected chi connectivity index (χ2v) is 8.70. The minimum atomic E-state index is -0.241. The van der Waals surface area contributed by atoms with Crippen molar-refractivity contribution < 1.29 is 9.53 Å². The Morgan fingerprint density at radius 1 is 1.29 bits per heavy atom. The van der Waals surface area contributed by atoms with Crippen LogP contribution in [0.3, 0.4) is 0 Å². The quantitative estimate of drug-likeness (QED) is 0.911. The van der Waals surface area contributed by atoms with Crippen LogP contribution >= 0.6 is 11.3 Å². The second-order valence-electron chi connectivity index (χ2n) is 7.76. The Morgan fingerprint density at radius 3 is 2.50 bits per heavy atom. The van der Waals surface area contributed by atoms with Crippen LogP contribution < -0.4 is 5.32 Å². The van der Waals surface area contributed by atoms with Gasteiger partial charge >= 0.3 is 0 Å². The highest BCUT2D eigenvalue weighted by atomic mass is 32.1. The van der Waals surface area contributed by atoms with E-state index in [1.807, 2.05) is 10.7 Å². The van der Waals surface area contributed by atoms with Crippen LogP contribution in [0.15, 0.2) is 11.4 Å². The van der Waals surface area contributed by atoms with Gasteiger partial charge in [-0.05, 0) is 20.8 Å². The summed E-state index contributed by atoms with van der Waals surface area (Å²) in [6.45, 7) is 12.9. The van der Waals surface area contributed by atoms with E-state index in [4.69, 9.17) is 9.84 Å². The van der Waals surface area contributed by atoms with Gasteiger partial charge in [0.15, 0.2) is 0 Å². The molecule has 2 aromatic heterocycles. The number of aromatic nitrogens is 3. The van der Waals surface area contributed by atoms with Gasteiger partial charge in [0.25, 0.3) is 5.91 Å². The van der Waals surface area contributed by atoms with Crippen molar-refractivity contribution in [2.24, 2.45) is 0 Å². The summed E-state index contributed by atoms with van der Waals surface area (Å²) in [5, 5.41) is 10.2. The first-order valence-corrected chi connectivity index (χ1v) is 8.76. The van der Waals surface area contributed by atoms with Gasteiger partial charge in [-0.3, -0.25) is 4.79 Å². The van der Waals surface area contributed by atoms with E-state index in [1.165, 1.54) is 11.3 Å². The third-order valence-electron chi connectivity index (χ3n) is 3.41. The van der Waals surface area contributed by atoms with Crippen LogP contribution in [0, 0.1) is 0 Å². The normalized spacial score (nSPS) is 12.5. The second kappa shape index (κ2) is 6.64. The minimum absolute atomic E-state index is 0.0950. The average Bonchev–Trinajstić information content (AvgIpc) is 3.04. The van der Waals surface area contributed by atoms with Crippen LogP contribution in [0.5, 0.6) is 0 Å². The Bertz CT molecular complexity index is 720. The van der Waals surface area contributed by atoms with E-state index in [0.717, 1.165) is 10.7 Å². The van der Waals surface area contributed by atoms with E-state index >= 15 is 0 Å². The number of nitrogens with zero attached hydrogens (tertiary/aromatic N) is 3. The number of amides is 1. The van der Waals surface area contributed by atoms with E-state index in [1.54, 1.807) is 12.5 Å². The number of anilines is 1. The van der Waals surface area contributed by atoms with Crippen molar-refractivity contribution in [3.63, 3.8) is 0 Å². The third kappa shape index (κ3) is 4.21. The fourth-order valence-corrected chi connectivity index (χ4v) is 2.88. The van der Waals surface area contributed by atoms with Crippen molar-refractivity contribution in [1.29, 1.82) is 0 Å². The molecule has 7 heteroatoms. The molecule has 2 aromatic rings. The summed E-state index contributed by atoms with van der Waals surface area (Å²) >= 11 is 1.41. The molecule has 2 heterocycles. The van der Waals surface area contributed by atoms with E-state index in [-0.39, 0.29) is 16.9 Å². The molecule has 6 nitrogen and oxygen atoms in total. The van der Waals surface area contributed by atoms with Gasteiger partial charge in [0.05, 0.1) is 17.8 Å². The third-order valence-corrected chi connectivity index (χ3v) is 4.23. The van der Waals surface area contributed by atoms with Crippen molar-refractivity contribution in [3.05, 3.63) is 27.8 Å². The lowest BCUT2D eigenvalue weighted by atomic mass is 9.92. The predicted molar refractivity (Wildman–Crippen MR) is 96.7 cm³/mol. The van der Waals surface area contributed by atoms with Crippen molar-refractivity contribution in [1.82, 2.24) is 14.8 Å². The largest absolute Gasteiger partial charge is 0.378 e. The Hall–Kier alpha value is -1.73. The molecule has 0 spiro atoms. The number of ether oxygens (including phenoxy) is 1. The molecule has 0 unspecified atom stereocenters. The van der Waals surface area contributed by atoms with Crippen LogP contribution in [0.25, 0.3) is 0 Å². The fraction of sp³-hybridized carbons (Fsp3) is 0.588. The highest BCUT2D eigenvalue weighted by Gasteiger charge is 2.26. The van der Waals surface area contributed by atoms with Crippen molar-refractivity contribution in [3.8, 4) is 0 Å². The lowest BCUT2D eigenvalue weighted by Crippen LogP contribution is -2.27.